The van der Waals surface area contributed by atoms with Gasteiger partial charge >= 0.3 is 0 Å². The molecular weight excluding hydrogens is 523 g/mol. The van der Waals surface area contributed by atoms with Gasteiger partial charge in [0, 0.05) is 63.0 Å². The SMILES string of the molecule is CCNC(=NCCc1csc(N2CCCC2)n1)NC1CCN(C(=O)C2CCCC2)C1.I. The van der Waals surface area contributed by atoms with Crippen LogP contribution in [0.5, 0.6) is 0 Å². The van der Waals surface area contributed by atoms with E-state index in [2.05, 4.69) is 32.7 Å². The minimum atomic E-state index is 0. The Balaban J connectivity index is 0.00000272. The van der Waals surface area contributed by atoms with Crippen LogP contribution in [0.15, 0.2) is 10.4 Å². The van der Waals surface area contributed by atoms with E-state index in [4.69, 9.17) is 9.98 Å². The number of anilines is 1. The van der Waals surface area contributed by atoms with E-state index in [0.717, 1.165) is 81.7 Å². The molecule has 2 saturated heterocycles. The number of guanidine groups is 1. The Labute approximate surface area is 207 Å². The zero-order valence-corrected chi connectivity index (χ0v) is 21.8. The predicted octanol–water partition coefficient (Wildman–Crippen LogP) is 3.25. The second-order valence-corrected chi connectivity index (χ2v) is 9.56. The van der Waals surface area contributed by atoms with Crippen molar-refractivity contribution in [3.8, 4) is 0 Å². The fourth-order valence-electron chi connectivity index (χ4n) is 4.77. The average molecular weight is 561 g/mol. The second-order valence-electron chi connectivity index (χ2n) is 8.72. The summed E-state index contributed by atoms with van der Waals surface area (Å²) < 4.78 is 0. The molecule has 3 aliphatic rings. The van der Waals surface area contributed by atoms with Crippen molar-refractivity contribution in [3.63, 3.8) is 0 Å². The lowest BCUT2D eigenvalue weighted by Crippen LogP contribution is -2.45. The first kappa shape index (κ1) is 24.5. The van der Waals surface area contributed by atoms with Gasteiger partial charge in [0.25, 0.3) is 0 Å². The van der Waals surface area contributed by atoms with Gasteiger partial charge in [-0.3, -0.25) is 9.79 Å². The Morgan fingerprint density at radius 3 is 2.71 bits per heavy atom. The smallest absolute Gasteiger partial charge is 0.225 e. The molecule has 1 aromatic rings. The minimum absolute atomic E-state index is 0. The van der Waals surface area contributed by atoms with Crippen molar-refractivity contribution in [2.75, 3.05) is 44.2 Å². The molecular formula is C22H37IN6OS. The number of amides is 1. The van der Waals surface area contributed by atoms with E-state index in [0.29, 0.717) is 5.91 Å². The lowest BCUT2D eigenvalue weighted by atomic mass is 10.1. The molecule has 1 aliphatic carbocycles. The molecule has 0 aromatic carbocycles. The number of nitrogens with zero attached hydrogens (tertiary/aromatic N) is 4. The van der Waals surface area contributed by atoms with E-state index < -0.39 is 0 Å². The van der Waals surface area contributed by atoms with E-state index in [9.17, 15) is 4.79 Å². The first-order valence-electron chi connectivity index (χ1n) is 11.8. The molecule has 0 spiro atoms. The van der Waals surface area contributed by atoms with E-state index in [1.165, 1.54) is 25.7 Å². The normalized spacial score (nSPS) is 22.1. The summed E-state index contributed by atoms with van der Waals surface area (Å²) in [6, 6.07) is 0.286. The summed E-state index contributed by atoms with van der Waals surface area (Å²) in [6.45, 7) is 7.58. The Morgan fingerprint density at radius 1 is 1.19 bits per heavy atom. The number of carbonyl (C=O) groups excluding carboxylic acids is 1. The quantitative estimate of drug-likeness (QED) is 0.305. The highest BCUT2D eigenvalue weighted by atomic mass is 127. The Hall–Kier alpha value is -1.10. The zero-order valence-electron chi connectivity index (χ0n) is 18.6. The summed E-state index contributed by atoms with van der Waals surface area (Å²) in [5.74, 6) is 1.50. The van der Waals surface area contributed by atoms with Crippen LogP contribution in [0.2, 0.25) is 0 Å². The van der Waals surface area contributed by atoms with Gasteiger partial charge in [-0.15, -0.1) is 35.3 Å². The molecule has 7 nitrogen and oxygen atoms in total. The van der Waals surface area contributed by atoms with Crippen molar-refractivity contribution in [1.82, 2.24) is 20.5 Å². The summed E-state index contributed by atoms with van der Waals surface area (Å²) in [5, 5.41) is 10.2. The van der Waals surface area contributed by atoms with Crippen molar-refractivity contribution in [3.05, 3.63) is 11.1 Å². The molecule has 0 bridgehead atoms. The van der Waals surface area contributed by atoms with Gasteiger partial charge in [0.2, 0.25) is 5.91 Å². The largest absolute Gasteiger partial charge is 0.357 e. The van der Waals surface area contributed by atoms with E-state index in [1.54, 1.807) is 11.3 Å². The number of rotatable bonds is 7. The zero-order chi connectivity index (χ0) is 20.8. The summed E-state index contributed by atoms with van der Waals surface area (Å²) in [4.78, 5) is 26.7. The highest BCUT2D eigenvalue weighted by Gasteiger charge is 2.32. The molecule has 1 aromatic heterocycles. The number of thiazole rings is 1. The van der Waals surface area contributed by atoms with E-state index >= 15 is 0 Å². The maximum Gasteiger partial charge on any atom is 0.225 e. The van der Waals surface area contributed by atoms with Gasteiger partial charge < -0.3 is 20.4 Å². The van der Waals surface area contributed by atoms with Gasteiger partial charge in [0.15, 0.2) is 11.1 Å². The summed E-state index contributed by atoms with van der Waals surface area (Å²) in [7, 11) is 0. The number of hydrogen-bond donors (Lipinski definition) is 2. The molecule has 2 aliphatic heterocycles. The number of halogens is 1. The third-order valence-corrected chi connectivity index (χ3v) is 7.39. The third kappa shape index (κ3) is 6.69. The molecule has 1 amide bonds. The van der Waals surface area contributed by atoms with Crippen molar-refractivity contribution >= 4 is 52.3 Å². The summed E-state index contributed by atoms with van der Waals surface area (Å²) in [6.07, 6.45) is 8.99. The standard InChI is InChI=1S/C22H36N6OS.HI/c1-2-23-21(24-11-9-19-16-30-22(26-19)27-12-5-6-13-27)25-18-10-14-28(15-18)20(29)17-7-3-4-8-17;/h16-18H,2-15H2,1H3,(H2,23,24,25);1H. The lowest BCUT2D eigenvalue weighted by molar-refractivity contribution is -0.134. The first-order valence-corrected chi connectivity index (χ1v) is 12.6. The van der Waals surface area contributed by atoms with Gasteiger partial charge in [-0.1, -0.05) is 12.8 Å². The molecule has 1 unspecified atom stereocenters. The fraction of sp³-hybridized carbons (Fsp3) is 0.773. The average Bonchev–Trinajstić information content (AvgIpc) is 3.55. The van der Waals surface area contributed by atoms with Crippen LogP contribution >= 0.6 is 35.3 Å². The molecule has 0 radical (unpaired) electrons. The summed E-state index contributed by atoms with van der Waals surface area (Å²) >= 11 is 1.75. The maximum absolute atomic E-state index is 12.7. The topological polar surface area (TPSA) is 72.9 Å². The molecule has 1 saturated carbocycles. The van der Waals surface area contributed by atoms with Crippen molar-refractivity contribution in [2.45, 2.75) is 64.3 Å². The number of aromatic nitrogens is 1. The number of hydrogen-bond acceptors (Lipinski definition) is 5. The van der Waals surface area contributed by atoms with Crippen molar-refractivity contribution in [2.24, 2.45) is 10.9 Å². The molecule has 2 N–H and O–H groups in total. The Morgan fingerprint density at radius 2 is 1.97 bits per heavy atom. The Kier molecular flexibility index (Phi) is 9.68. The van der Waals surface area contributed by atoms with Crippen LogP contribution in [0, 0.1) is 5.92 Å². The van der Waals surface area contributed by atoms with Crippen LogP contribution in [0.25, 0.3) is 0 Å². The summed E-state index contributed by atoms with van der Waals surface area (Å²) in [5.41, 5.74) is 1.13. The van der Waals surface area contributed by atoms with Crippen LogP contribution in [0.3, 0.4) is 0 Å². The monoisotopic (exact) mass is 560 g/mol. The molecule has 1 atom stereocenters. The van der Waals surface area contributed by atoms with Crippen molar-refractivity contribution < 1.29 is 4.79 Å². The first-order chi connectivity index (χ1) is 14.7. The van der Waals surface area contributed by atoms with Crippen LogP contribution in [0.1, 0.15) is 57.6 Å². The minimum Gasteiger partial charge on any atom is -0.357 e. The molecule has 3 fully saturated rings. The van der Waals surface area contributed by atoms with Gasteiger partial charge in [0.05, 0.1) is 5.69 Å². The molecule has 174 valence electrons. The number of carbonyl (C=O) groups is 1. The van der Waals surface area contributed by atoms with Gasteiger partial charge in [-0.25, -0.2) is 4.98 Å². The number of aliphatic imine (C=N–C) groups is 1. The number of likely N-dealkylation sites (tertiary alicyclic amines) is 1. The highest BCUT2D eigenvalue weighted by Crippen LogP contribution is 2.28. The molecule has 31 heavy (non-hydrogen) atoms. The molecule has 9 heteroatoms. The number of nitrogens with one attached hydrogen (secondary N) is 2. The van der Waals surface area contributed by atoms with Crippen LogP contribution in [-0.4, -0.2) is 67.1 Å². The molecule has 3 heterocycles. The van der Waals surface area contributed by atoms with Gasteiger partial charge in [-0.05, 0) is 39.0 Å². The highest BCUT2D eigenvalue weighted by molar-refractivity contribution is 14.0. The fourth-order valence-corrected chi connectivity index (χ4v) is 5.68. The van der Waals surface area contributed by atoms with E-state index in [1.807, 2.05) is 0 Å². The molecule has 4 rings (SSSR count). The van der Waals surface area contributed by atoms with Gasteiger partial charge in [-0.2, -0.15) is 0 Å². The van der Waals surface area contributed by atoms with Crippen LogP contribution < -0.4 is 15.5 Å². The Bertz CT molecular complexity index is 729. The van der Waals surface area contributed by atoms with Crippen LogP contribution in [0.4, 0.5) is 5.13 Å². The van der Waals surface area contributed by atoms with Crippen LogP contribution in [-0.2, 0) is 11.2 Å². The van der Waals surface area contributed by atoms with E-state index in [-0.39, 0.29) is 35.9 Å². The predicted molar refractivity (Wildman–Crippen MR) is 139 cm³/mol. The van der Waals surface area contributed by atoms with Crippen molar-refractivity contribution in [1.29, 1.82) is 0 Å². The lowest BCUT2D eigenvalue weighted by Gasteiger charge is -2.21. The van der Waals surface area contributed by atoms with Gasteiger partial charge in [0.1, 0.15) is 0 Å². The maximum atomic E-state index is 12.7. The second kappa shape index (κ2) is 12.2. The third-order valence-electron chi connectivity index (χ3n) is 6.44.